The Hall–Kier alpha value is -3.07. The Labute approximate surface area is 221 Å². The lowest BCUT2D eigenvalue weighted by Crippen LogP contribution is -2.53. The number of nitrogens with zero attached hydrogens (tertiary/aromatic N) is 2. The van der Waals surface area contributed by atoms with Crippen LogP contribution in [0.5, 0.6) is 5.75 Å². The van der Waals surface area contributed by atoms with Crippen LogP contribution in [0.15, 0.2) is 48.5 Å². The van der Waals surface area contributed by atoms with Crippen molar-refractivity contribution in [3.8, 4) is 5.75 Å². The lowest BCUT2D eigenvalue weighted by atomic mass is 10.1. The average molecular weight is 530 g/mol. The summed E-state index contributed by atoms with van der Waals surface area (Å²) in [6, 6.07) is 13.8. The van der Waals surface area contributed by atoms with Crippen LogP contribution in [0.3, 0.4) is 0 Å². The molecule has 0 heterocycles. The number of benzene rings is 2. The van der Waals surface area contributed by atoms with Crippen molar-refractivity contribution in [2.24, 2.45) is 0 Å². The van der Waals surface area contributed by atoms with Crippen LogP contribution in [0.1, 0.15) is 57.1 Å². The number of aryl methyl sites for hydroxylation is 1. The summed E-state index contributed by atoms with van der Waals surface area (Å²) in [6.07, 6.45) is 5.53. The maximum atomic E-state index is 13.8. The third-order valence-corrected chi connectivity index (χ3v) is 7.82. The maximum Gasteiger partial charge on any atom is 0.244 e. The van der Waals surface area contributed by atoms with Crippen molar-refractivity contribution in [3.05, 3.63) is 59.7 Å². The van der Waals surface area contributed by atoms with Crippen LogP contribution in [0, 0.1) is 6.92 Å². The number of sulfonamides is 1. The van der Waals surface area contributed by atoms with Gasteiger partial charge in [0.25, 0.3) is 0 Å². The number of hydrogen-bond acceptors (Lipinski definition) is 5. The van der Waals surface area contributed by atoms with Gasteiger partial charge in [0, 0.05) is 12.6 Å². The normalized spacial score (nSPS) is 14.7. The molecular formula is C28H39N3O5S. The molecule has 1 saturated carbocycles. The van der Waals surface area contributed by atoms with Gasteiger partial charge in [-0.3, -0.25) is 13.9 Å². The van der Waals surface area contributed by atoms with Gasteiger partial charge in [-0.25, -0.2) is 8.42 Å². The molecule has 37 heavy (non-hydrogen) atoms. The molecule has 202 valence electrons. The largest absolute Gasteiger partial charge is 0.494 e. The number of carbonyl (C=O) groups excluding carboxylic acids is 2. The van der Waals surface area contributed by atoms with Crippen LogP contribution in [-0.4, -0.2) is 56.6 Å². The van der Waals surface area contributed by atoms with Crippen molar-refractivity contribution in [2.45, 2.75) is 71.5 Å². The highest BCUT2D eigenvalue weighted by molar-refractivity contribution is 7.92. The van der Waals surface area contributed by atoms with Gasteiger partial charge in [0.15, 0.2) is 0 Å². The van der Waals surface area contributed by atoms with Crippen molar-refractivity contribution in [1.29, 1.82) is 0 Å². The fraction of sp³-hybridized carbons (Fsp3) is 0.500. The number of carbonyl (C=O) groups is 2. The molecule has 0 aliphatic heterocycles. The molecule has 0 bridgehead atoms. The Kier molecular flexibility index (Phi) is 9.97. The number of nitrogens with one attached hydrogen (secondary N) is 1. The van der Waals surface area contributed by atoms with E-state index < -0.39 is 28.5 Å². The third kappa shape index (κ3) is 7.95. The minimum absolute atomic E-state index is 0.120. The highest BCUT2D eigenvalue weighted by atomic mass is 32.2. The molecular weight excluding hydrogens is 490 g/mol. The molecule has 1 atom stereocenters. The van der Waals surface area contributed by atoms with Crippen molar-refractivity contribution >= 4 is 27.5 Å². The van der Waals surface area contributed by atoms with Crippen molar-refractivity contribution < 1.29 is 22.7 Å². The maximum absolute atomic E-state index is 13.8. The number of rotatable bonds is 12. The predicted octanol–water partition coefficient (Wildman–Crippen LogP) is 4.03. The molecule has 1 aliphatic rings. The molecule has 9 heteroatoms. The minimum atomic E-state index is -3.78. The number of hydrogen-bond donors (Lipinski definition) is 1. The van der Waals surface area contributed by atoms with E-state index >= 15 is 0 Å². The second-order valence-electron chi connectivity index (χ2n) is 9.62. The predicted molar refractivity (Wildman–Crippen MR) is 146 cm³/mol. The number of ether oxygens (including phenoxy) is 1. The zero-order chi connectivity index (χ0) is 27.0. The molecule has 2 amide bonds. The molecule has 1 fully saturated rings. The van der Waals surface area contributed by atoms with E-state index in [1.54, 1.807) is 24.3 Å². The summed E-state index contributed by atoms with van der Waals surface area (Å²) in [5.74, 6) is -0.0169. The van der Waals surface area contributed by atoms with E-state index in [2.05, 4.69) is 5.32 Å². The van der Waals surface area contributed by atoms with Crippen LogP contribution < -0.4 is 14.4 Å². The van der Waals surface area contributed by atoms with Gasteiger partial charge in [-0.2, -0.15) is 0 Å². The zero-order valence-electron chi connectivity index (χ0n) is 22.3. The van der Waals surface area contributed by atoms with Crippen LogP contribution in [0.25, 0.3) is 0 Å². The first-order valence-electron chi connectivity index (χ1n) is 13.0. The van der Waals surface area contributed by atoms with Gasteiger partial charge in [0.05, 0.1) is 18.6 Å². The lowest BCUT2D eigenvalue weighted by molar-refractivity contribution is -0.140. The van der Waals surface area contributed by atoms with E-state index in [-0.39, 0.29) is 18.5 Å². The molecule has 3 rings (SSSR count). The first-order valence-corrected chi connectivity index (χ1v) is 14.8. The summed E-state index contributed by atoms with van der Waals surface area (Å²) in [5, 5.41) is 3.11. The van der Waals surface area contributed by atoms with Crippen LogP contribution in [0.4, 0.5) is 5.69 Å². The van der Waals surface area contributed by atoms with Crippen molar-refractivity contribution in [2.75, 3.05) is 23.7 Å². The van der Waals surface area contributed by atoms with Gasteiger partial charge in [-0.15, -0.1) is 0 Å². The number of amides is 2. The molecule has 0 aromatic heterocycles. The molecule has 0 radical (unpaired) electrons. The molecule has 2 aromatic carbocycles. The monoisotopic (exact) mass is 529 g/mol. The van der Waals surface area contributed by atoms with E-state index in [0.29, 0.717) is 24.5 Å². The fourth-order valence-electron chi connectivity index (χ4n) is 4.67. The molecule has 0 saturated heterocycles. The van der Waals surface area contributed by atoms with Crippen LogP contribution >= 0.6 is 0 Å². The van der Waals surface area contributed by atoms with Gasteiger partial charge in [0.1, 0.15) is 18.3 Å². The summed E-state index contributed by atoms with van der Waals surface area (Å²) < 4.78 is 32.0. The molecule has 1 N–H and O–H groups in total. The van der Waals surface area contributed by atoms with E-state index in [9.17, 15) is 18.0 Å². The second kappa shape index (κ2) is 12.9. The van der Waals surface area contributed by atoms with E-state index in [1.165, 1.54) is 4.90 Å². The first kappa shape index (κ1) is 28.5. The Balaban J connectivity index is 1.89. The molecule has 8 nitrogen and oxygen atoms in total. The number of anilines is 1. The smallest absolute Gasteiger partial charge is 0.244 e. The average Bonchev–Trinajstić information content (AvgIpc) is 3.36. The fourth-order valence-corrected chi connectivity index (χ4v) is 5.52. The third-order valence-electron chi connectivity index (χ3n) is 6.68. The van der Waals surface area contributed by atoms with Crippen LogP contribution in [-0.2, 0) is 26.2 Å². The summed E-state index contributed by atoms with van der Waals surface area (Å²) in [6.45, 7) is 6.00. The Morgan fingerprint density at radius 3 is 2.19 bits per heavy atom. The standard InChI is InChI=1S/C28H39N3O5S/c1-5-26(28(33)29-23-9-7-8-10-23)30(19-22-13-11-21(3)12-14-22)27(32)20-31(37(4,34)35)24-15-17-25(18-16-24)36-6-2/h11-18,23,26H,5-10,19-20H2,1-4H3,(H,29,33)/t26-/m0/s1. The van der Waals surface area contributed by atoms with Crippen molar-refractivity contribution in [1.82, 2.24) is 10.2 Å². The summed E-state index contributed by atoms with van der Waals surface area (Å²) in [7, 11) is -3.78. The molecule has 1 aliphatic carbocycles. The summed E-state index contributed by atoms with van der Waals surface area (Å²) in [5.41, 5.74) is 2.32. The Morgan fingerprint density at radius 1 is 1.03 bits per heavy atom. The quantitative estimate of drug-likeness (QED) is 0.448. The van der Waals surface area contributed by atoms with Crippen molar-refractivity contribution in [3.63, 3.8) is 0 Å². The van der Waals surface area contributed by atoms with Gasteiger partial charge in [-0.1, -0.05) is 49.6 Å². The van der Waals surface area contributed by atoms with E-state index in [4.69, 9.17) is 4.74 Å². The Bertz CT molecular complexity index is 1140. The second-order valence-corrected chi connectivity index (χ2v) is 11.5. The minimum Gasteiger partial charge on any atom is -0.494 e. The Morgan fingerprint density at radius 2 is 1.65 bits per heavy atom. The summed E-state index contributed by atoms with van der Waals surface area (Å²) >= 11 is 0. The van der Waals surface area contributed by atoms with Gasteiger partial charge in [0.2, 0.25) is 21.8 Å². The molecule has 2 aromatic rings. The zero-order valence-corrected chi connectivity index (χ0v) is 23.1. The molecule has 0 spiro atoms. The van der Waals surface area contributed by atoms with Gasteiger partial charge in [-0.05, 0) is 62.9 Å². The van der Waals surface area contributed by atoms with E-state index in [1.807, 2.05) is 45.0 Å². The highest BCUT2D eigenvalue weighted by Crippen LogP contribution is 2.23. The molecule has 0 unspecified atom stereocenters. The highest BCUT2D eigenvalue weighted by Gasteiger charge is 2.33. The SMILES string of the molecule is CCOc1ccc(N(CC(=O)N(Cc2ccc(C)cc2)[C@@H](CC)C(=O)NC2CCCC2)S(C)(=O)=O)cc1. The van der Waals surface area contributed by atoms with Gasteiger partial charge < -0.3 is 15.0 Å². The van der Waals surface area contributed by atoms with E-state index in [0.717, 1.165) is 47.4 Å². The summed E-state index contributed by atoms with van der Waals surface area (Å²) in [4.78, 5) is 28.6. The topological polar surface area (TPSA) is 96.0 Å². The lowest BCUT2D eigenvalue weighted by Gasteiger charge is -2.33. The van der Waals surface area contributed by atoms with Crippen LogP contribution in [0.2, 0.25) is 0 Å². The van der Waals surface area contributed by atoms with Gasteiger partial charge >= 0.3 is 0 Å². The first-order chi connectivity index (χ1) is 17.6.